The molecule has 0 saturated heterocycles. The first-order valence-electron chi connectivity index (χ1n) is 14.1. The van der Waals surface area contributed by atoms with Crippen LogP contribution in [0.4, 0.5) is 10.5 Å². The van der Waals surface area contributed by atoms with E-state index in [1.165, 1.54) is 4.90 Å². The molecule has 11 nitrogen and oxygen atoms in total. The highest BCUT2D eigenvalue weighted by molar-refractivity contribution is 6.03. The van der Waals surface area contributed by atoms with Crippen LogP contribution in [0.5, 0.6) is 0 Å². The number of fused-ring (bicyclic) bond motifs is 1. The van der Waals surface area contributed by atoms with Crippen molar-refractivity contribution in [2.75, 3.05) is 32.5 Å². The third-order valence-corrected chi connectivity index (χ3v) is 6.49. The fourth-order valence-electron chi connectivity index (χ4n) is 4.04. The van der Waals surface area contributed by atoms with Gasteiger partial charge in [0.15, 0.2) is 6.29 Å². The molecule has 2 atom stereocenters. The topological polar surface area (TPSA) is 116 Å². The van der Waals surface area contributed by atoms with Crippen molar-refractivity contribution in [3.05, 3.63) is 36.2 Å². The van der Waals surface area contributed by atoms with Crippen molar-refractivity contribution in [3.63, 3.8) is 0 Å². The van der Waals surface area contributed by atoms with Gasteiger partial charge in [-0.1, -0.05) is 24.8 Å². The van der Waals surface area contributed by atoms with Crippen LogP contribution in [0.25, 0.3) is 10.9 Å². The van der Waals surface area contributed by atoms with Crippen LogP contribution >= 0.6 is 0 Å². The number of aryl methyl sites for hydroxylation is 1. The monoisotopic (exact) mass is 564 g/mol. The molecule has 11 heteroatoms. The van der Waals surface area contributed by atoms with Gasteiger partial charge in [-0.15, -0.1) is 0 Å². The first kappa shape index (κ1) is 31.3. The highest BCUT2D eigenvalue weighted by Crippen LogP contribution is 2.24. The van der Waals surface area contributed by atoms with E-state index in [9.17, 15) is 9.59 Å². The third kappa shape index (κ3) is 8.64. The summed E-state index contributed by atoms with van der Waals surface area (Å²) in [7, 11) is 5.47. The molecule has 1 aromatic heterocycles. The number of amidine groups is 1. The minimum atomic E-state index is -0.644. The molecule has 0 aliphatic carbocycles. The first-order chi connectivity index (χ1) is 19.4. The Morgan fingerprint density at radius 2 is 2.05 bits per heavy atom. The largest absolute Gasteiger partial charge is 0.444 e. The molecule has 0 radical (unpaired) electrons. The number of hydrogen-bond acceptors (Lipinski definition) is 7. The minimum Gasteiger partial charge on any atom is -0.444 e. The summed E-state index contributed by atoms with van der Waals surface area (Å²) < 4.78 is 7.19. The number of nitrogens with zero attached hydrogens (tertiary/aromatic N) is 5. The van der Waals surface area contributed by atoms with Crippen molar-refractivity contribution < 1.29 is 14.3 Å². The van der Waals surface area contributed by atoms with Gasteiger partial charge in [-0.05, 0) is 52.7 Å². The van der Waals surface area contributed by atoms with Crippen LogP contribution in [0.15, 0.2) is 41.2 Å². The first-order valence-corrected chi connectivity index (χ1v) is 14.1. The number of hydrogen-bond donors (Lipinski definition) is 3. The Bertz CT molecular complexity index is 1340. The van der Waals surface area contributed by atoms with Crippen molar-refractivity contribution in [1.29, 1.82) is 0 Å². The van der Waals surface area contributed by atoms with Gasteiger partial charge in [-0.3, -0.25) is 19.4 Å². The number of carbonyl (C=O) groups is 2. The predicted molar refractivity (Wildman–Crippen MR) is 163 cm³/mol. The summed E-state index contributed by atoms with van der Waals surface area (Å²) in [6.07, 6.45) is 5.32. The Morgan fingerprint density at radius 3 is 2.76 bits per heavy atom. The van der Waals surface area contributed by atoms with Crippen LogP contribution in [0, 0.1) is 11.8 Å². The van der Waals surface area contributed by atoms with E-state index in [-0.39, 0.29) is 12.2 Å². The maximum atomic E-state index is 12.5. The van der Waals surface area contributed by atoms with Gasteiger partial charge in [0.2, 0.25) is 5.91 Å². The number of nitrogens with one attached hydrogen (secondary N) is 3. The van der Waals surface area contributed by atoms with Gasteiger partial charge in [0.05, 0.1) is 17.3 Å². The SMILES string of the molecule is CCCN=C1NC(Nc2cccc3c2cnn3C)N(C)C=C1C#CCCCNC(=O)[C@H](C)N(C)C(=O)OC(C)(C)C. The van der Waals surface area contributed by atoms with E-state index in [2.05, 4.69) is 39.8 Å². The second kappa shape index (κ2) is 13.9. The van der Waals surface area contributed by atoms with Crippen molar-refractivity contribution in [3.8, 4) is 11.8 Å². The molecule has 2 aromatic rings. The number of aromatic nitrogens is 2. The van der Waals surface area contributed by atoms with Crippen LogP contribution in [0.2, 0.25) is 0 Å². The second-order valence-corrected chi connectivity index (χ2v) is 11.1. The lowest BCUT2D eigenvalue weighted by atomic mass is 10.2. The van der Waals surface area contributed by atoms with Gasteiger partial charge < -0.3 is 25.6 Å². The summed E-state index contributed by atoms with van der Waals surface area (Å²) in [5, 5.41) is 15.4. The number of benzene rings is 1. The number of anilines is 1. The number of amides is 2. The van der Waals surface area contributed by atoms with E-state index >= 15 is 0 Å². The van der Waals surface area contributed by atoms with Crippen molar-refractivity contribution in [1.82, 2.24) is 30.2 Å². The van der Waals surface area contributed by atoms with Crippen molar-refractivity contribution in [2.45, 2.75) is 71.8 Å². The van der Waals surface area contributed by atoms with E-state index in [4.69, 9.17) is 9.73 Å². The number of ether oxygens (including phenoxy) is 1. The fraction of sp³-hybridized carbons (Fsp3) is 0.533. The van der Waals surface area contributed by atoms with Crippen LogP contribution < -0.4 is 16.0 Å². The minimum absolute atomic E-state index is 0.210. The molecule has 1 aromatic carbocycles. The van der Waals surface area contributed by atoms with Crippen molar-refractivity contribution in [2.24, 2.45) is 12.0 Å². The average Bonchev–Trinajstić information content (AvgIpc) is 3.30. The van der Waals surface area contributed by atoms with Crippen LogP contribution in [-0.2, 0) is 16.6 Å². The number of likely N-dealkylation sites (N-methyl/N-ethyl adjacent to an activating group) is 1. The molecule has 1 aliphatic rings. The Morgan fingerprint density at radius 1 is 1.29 bits per heavy atom. The van der Waals surface area contributed by atoms with Gasteiger partial charge in [0.1, 0.15) is 17.5 Å². The van der Waals surface area contributed by atoms with Crippen LogP contribution in [0.3, 0.4) is 0 Å². The Kier molecular flexibility index (Phi) is 10.6. The van der Waals surface area contributed by atoms with E-state index in [1.54, 1.807) is 34.7 Å². The summed E-state index contributed by atoms with van der Waals surface area (Å²) in [4.78, 5) is 32.8. The zero-order valence-electron chi connectivity index (χ0n) is 25.5. The highest BCUT2D eigenvalue weighted by Gasteiger charge is 2.27. The van der Waals surface area contributed by atoms with E-state index in [1.807, 2.05) is 54.3 Å². The maximum Gasteiger partial charge on any atom is 0.410 e. The molecule has 0 saturated carbocycles. The summed E-state index contributed by atoms with van der Waals surface area (Å²) >= 11 is 0. The lowest BCUT2D eigenvalue weighted by Crippen LogP contribution is -2.53. The van der Waals surface area contributed by atoms with E-state index in [0.717, 1.165) is 34.4 Å². The standard InChI is InChI=1S/C30H44N8O3/c1-9-17-31-26-22(14-11-10-12-18-32-27(39)21(2)37(7)29(40)41-30(3,4)5)20-36(6)28(35-26)34-24-15-13-16-25-23(24)19-33-38(25)8/h13,15-16,19-21,28,34H,9-10,12,17-18H2,1-8H3,(H,31,35)(H,32,39)/t21-,28?/m0/s1. The molecule has 0 fully saturated rings. The number of carbonyl (C=O) groups excluding carboxylic acids is 2. The van der Waals surface area contributed by atoms with Gasteiger partial charge in [-0.25, -0.2) is 4.79 Å². The average molecular weight is 565 g/mol. The summed E-state index contributed by atoms with van der Waals surface area (Å²) in [5.41, 5.74) is 2.23. The zero-order chi connectivity index (χ0) is 30.2. The van der Waals surface area contributed by atoms with Gasteiger partial charge >= 0.3 is 6.09 Å². The second-order valence-electron chi connectivity index (χ2n) is 11.1. The molecule has 3 rings (SSSR count). The Labute approximate surface area is 243 Å². The molecule has 2 heterocycles. The summed E-state index contributed by atoms with van der Waals surface area (Å²) in [6, 6.07) is 5.45. The molecule has 222 valence electrons. The fourth-order valence-corrected chi connectivity index (χ4v) is 4.04. The highest BCUT2D eigenvalue weighted by atomic mass is 16.6. The smallest absolute Gasteiger partial charge is 0.410 e. The molecule has 3 N–H and O–H groups in total. The number of aliphatic imine (C=N–C) groups is 1. The summed E-state index contributed by atoms with van der Waals surface area (Å²) in [6.45, 7) is 10.3. The third-order valence-electron chi connectivity index (χ3n) is 6.49. The Balaban J connectivity index is 1.56. The zero-order valence-corrected chi connectivity index (χ0v) is 25.5. The molecule has 1 aliphatic heterocycles. The van der Waals surface area contributed by atoms with Gasteiger partial charge in [0, 0.05) is 57.9 Å². The van der Waals surface area contributed by atoms with Crippen molar-refractivity contribution >= 4 is 34.4 Å². The number of rotatable bonds is 9. The van der Waals surface area contributed by atoms with Crippen LogP contribution in [-0.4, -0.2) is 82.5 Å². The van der Waals surface area contributed by atoms with E-state index < -0.39 is 17.7 Å². The molecule has 0 spiro atoms. The molecule has 2 amide bonds. The normalized spacial score (nSPS) is 16.8. The van der Waals surface area contributed by atoms with Gasteiger partial charge in [-0.2, -0.15) is 5.10 Å². The lowest BCUT2D eigenvalue weighted by Gasteiger charge is -2.34. The maximum absolute atomic E-state index is 12.5. The quantitative estimate of drug-likeness (QED) is 0.315. The molecular formula is C30H44N8O3. The summed E-state index contributed by atoms with van der Waals surface area (Å²) in [5.74, 6) is 6.97. The lowest BCUT2D eigenvalue weighted by molar-refractivity contribution is -0.125. The molecule has 0 bridgehead atoms. The van der Waals surface area contributed by atoms with Crippen LogP contribution in [0.1, 0.15) is 53.9 Å². The molecule has 1 unspecified atom stereocenters. The van der Waals surface area contributed by atoms with Gasteiger partial charge in [0.25, 0.3) is 0 Å². The molecule has 41 heavy (non-hydrogen) atoms. The van der Waals surface area contributed by atoms with E-state index in [0.29, 0.717) is 25.9 Å². The number of unbranched alkanes of at least 4 members (excludes halogenated alkanes) is 1. The predicted octanol–water partition coefficient (Wildman–Crippen LogP) is 3.65. The Hall–Kier alpha value is -4.20. The molecular weight excluding hydrogens is 520 g/mol.